The van der Waals surface area contributed by atoms with Gasteiger partial charge in [0.2, 0.25) is 0 Å². The van der Waals surface area contributed by atoms with Crippen molar-refractivity contribution in [2.45, 2.75) is 0 Å². The lowest BCUT2D eigenvalue weighted by atomic mass is 10.2. The van der Waals surface area contributed by atoms with Gasteiger partial charge in [-0.2, -0.15) is 5.10 Å². The first kappa shape index (κ1) is 15.0. The van der Waals surface area contributed by atoms with E-state index in [9.17, 15) is 25.0 Å². The molecule has 0 fully saturated rings. The van der Waals surface area contributed by atoms with Gasteiger partial charge in [-0.1, -0.05) is 0 Å². The Hall–Kier alpha value is -3.08. The summed E-state index contributed by atoms with van der Waals surface area (Å²) in [6.07, 6.45) is 0. The molecule has 0 aromatic heterocycles. The third-order valence-electron chi connectivity index (χ3n) is 2.10. The fourth-order valence-electron chi connectivity index (χ4n) is 1.16. The molecule has 0 amide bonds. The molecule has 0 saturated carbocycles. The molecule has 0 atom stereocenters. The average Bonchev–Trinajstić information content (AvgIpc) is 2.38. The topological polar surface area (TPSA) is 168 Å². The van der Waals surface area contributed by atoms with Crippen LogP contribution in [0.4, 0.5) is 17.1 Å². The van der Waals surface area contributed by atoms with E-state index in [0.717, 1.165) is 12.1 Å². The molecule has 0 saturated heterocycles. The fraction of sp³-hybridized carbons (Fsp3) is 0.111. The van der Waals surface area contributed by atoms with Gasteiger partial charge in [0.05, 0.1) is 22.5 Å². The highest BCUT2D eigenvalue weighted by molar-refractivity contribution is 6.36. The standard InChI is InChI=1S/C9H8N4O7/c14-4-7(9(15)16)11-10-6-2-1-5(12(17)18)3-8(6)13(19)20/h1-3,10,14H,4H2,(H,15,16). The van der Waals surface area contributed by atoms with E-state index >= 15 is 0 Å². The zero-order chi connectivity index (χ0) is 15.3. The van der Waals surface area contributed by atoms with Crippen molar-refractivity contribution in [2.24, 2.45) is 5.10 Å². The zero-order valence-electron chi connectivity index (χ0n) is 9.72. The Bertz CT molecular complexity index is 598. The van der Waals surface area contributed by atoms with Gasteiger partial charge in [-0.05, 0) is 6.07 Å². The van der Waals surface area contributed by atoms with Crippen molar-refractivity contribution < 1.29 is 24.9 Å². The molecule has 0 aliphatic rings. The number of carboxylic acid groups (broad SMARTS) is 1. The van der Waals surface area contributed by atoms with Crippen LogP contribution in [0.25, 0.3) is 0 Å². The number of anilines is 1. The van der Waals surface area contributed by atoms with Gasteiger partial charge >= 0.3 is 11.7 Å². The Kier molecular flexibility index (Phi) is 4.64. The van der Waals surface area contributed by atoms with Crippen LogP contribution in [0.3, 0.4) is 0 Å². The smallest absolute Gasteiger partial charge is 0.354 e. The SMILES string of the molecule is O=C(O)C(CO)=NNc1ccc([N+](=O)[O-])cc1[N+](=O)[O-]. The normalized spacial score (nSPS) is 10.9. The molecule has 11 heteroatoms. The fourth-order valence-corrected chi connectivity index (χ4v) is 1.16. The third kappa shape index (κ3) is 3.46. The van der Waals surface area contributed by atoms with Crippen LogP contribution in [0.15, 0.2) is 23.3 Å². The molecule has 0 radical (unpaired) electrons. The second-order valence-corrected chi connectivity index (χ2v) is 3.35. The summed E-state index contributed by atoms with van der Waals surface area (Å²) >= 11 is 0. The van der Waals surface area contributed by atoms with Crippen molar-refractivity contribution in [3.05, 3.63) is 38.4 Å². The van der Waals surface area contributed by atoms with E-state index in [-0.39, 0.29) is 5.69 Å². The molecule has 0 bridgehead atoms. The maximum Gasteiger partial charge on any atom is 0.354 e. The number of rotatable bonds is 6. The van der Waals surface area contributed by atoms with Crippen LogP contribution in [-0.4, -0.2) is 38.3 Å². The number of benzene rings is 1. The number of nitrogens with one attached hydrogen (secondary N) is 1. The number of nitrogens with zero attached hydrogens (tertiary/aromatic N) is 3. The van der Waals surface area contributed by atoms with Crippen LogP contribution in [0.5, 0.6) is 0 Å². The number of aliphatic hydroxyl groups excluding tert-OH is 1. The van der Waals surface area contributed by atoms with E-state index in [1.807, 2.05) is 0 Å². The number of aliphatic carboxylic acids is 1. The molecule has 11 nitrogen and oxygen atoms in total. The zero-order valence-corrected chi connectivity index (χ0v) is 9.72. The number of non-ortho nitro benzene ring substituents is 1. The summed E-state index contributed by atoms with van der Waals surface area (Å²) in [6.45, 7) is -0.886. The number of nitro benzene ring substituents is 2. The maximum atomic E-state index is 10.8. The molecule has 0 aliphatic carbocycles. The van der Waals surface area contributed by atoms with E-state index in [1.165, 1.54) is 0 Å². The monoisotopic (exact) mass is 284 g/mol. The molecule has 0 spiro atoms. The summed E-state index contributed by atoms with van der Waals surface area (Å²) in [6, 6.07) is 2.71. The van der Waals surface area contributed by atoms with Crippen molar-refractivity contribution in [3.8, 4) is 0 Å². The minimum absolute atomic E-state index is 0.243. The van der Waals surface area contributed by atoms with Crippen molar-refractivity contribution >= 4 is 28.7 Å². The number of aliphatic hydroxyl groups is 1. The first-order valence-electron chi connectivity index (χ1n) is 4.96. The van der Waals surface area contributed by atoms with Crippen LogP contribution < -0.4 is 5.43 Å². The van der Waals surface area contributed by atoms with Crippen LogP contribution in [-0.2, 0) is 4.79 Å². The van der Waals surface area contributed by atoms with Gasteiger partial charge in [-0.25, -0.2) is 4.79 Å². The second kappa shape index (κ2) is 6.19. The van der Waals surface area contributed by atoms with E-state index in [2.05, 4.69) is 10.5 Å². The Labute approximate surface area is 110 Å². The highest BCUT2D eigenvalue weighted by Gasteiger charge is 2.19. The summed E-state index contributed by atoms with van der Waals surface area (Å²) in [5, 5.41) is 41.8. The van der Waals surface area contributed by atoms with Crippen LogP contribution in [0, 0.1) is 20.2 Å². The van der Waals surface area contributed by atoms with Gasteiger partial charge in [0.1, 0.15) is 5.69 Å². The number of carboxylic acids is 1. The number of carbonyl (C=O) groups is 1. The quantitative estimate of drug-likeness (QED) is 0.381. The highest BCUT2D eigenvalue weighted by atomic mass is 16.6. The molecule has 1 aromatic rings. The summed E-state index contributed by atoms with van der Waals surface area (Å²) in [7, 11) is 0. The molecule has 1 aromatic carbocycles. The van der Waals surface area contributed by atoms with Gasteiger partial charge in [0, 0.05) is 6.07 Å². The molecule has 0 heterocycles. The van der Waals surface area contributed by atoms with E-state index < -0.39 is 39.5 Å². The van der Waals surface area contributed by atoms with E-state index in [4.69, 9.17) is 10.2 Å². The lowest BCUT2D eigenvalue weighted by molar-refractivity contribution is -0.393. The van der Waals surface area contributed by atoms with Crippen molar-refractivity contribution in [3.63, 3.8) is 0 Å². The van der Waals surface area contributed by atoms with Gasteiger partial charge in [-0.15, -0.1) is 0 Å². The van der Waals surface area contributed by atoms with E-state index in [1.54, 1.807) is 0 Å². The minimum Gasteiger partial charge on any atom is -0.477 e. The Morgan fingerprint density at radius 1 is 1.30 bits per heavy atom. The maximum absolute atomic E-state index is 10.8. The largest absolute Gasteiger partial charge is 0.477 e. The Morgan fingerprint density at radius 2 is 1.95 bits per heavy atom. The average molecular weight is 284 g/mol. The summed E-state index contributed by atoms with van der Waals surface area (Å²) in [4.78, 5) is 30.2. The molecule has 0 unspecified atom stereocenters. The Morgan fingerprint density at radius 3 is 2.40 bits per heavy atom. The second-order valence-electron chi connectivity index (χ2n) is 3.35. The predicted molar refractivity (Wildman–Crippen MR) is 65.5 cm³/mol. The van der Waals surface area contributed by atoms with Crippen molar-refractivity contribution in [1.82, 2.24) is 0 Å². The number of hydrogen-bond donors (Lipinski definition) is 3. The van der Waals surface area contributed by atoms with Gasteiger partial charge in [0.25, 0.3) is 5.69 Å². The minimum atomic E-state index is -1.51. The van der Waals surface area contributed by atoms with Crippen molar-refractivity contribution in [1.29, 1.82) is 0 Å². The molecular formula is C9H8N4O7. The third-order valence-corrected chi connectivity index (χ3v) is 2.10. The van der Waals surface area contributed by atoms with Crippen LogP contribution in [0.2, 0.25) is 0 Å². The summed E-state index contributed by atoms with van der Waals surface area (Å²) in [5.74, 6) is -1.51. The van der Waals surface area contributed by atoms with Crippen molar-refractivity contribution in [2.75, 3.05) is 12.0 Å². The lowest BCUT2D eigenvalue weighted by Crippen LogP contribution is -2.18. The van der Waals surface area contributed by atoms with Gasteiger partial charge in [-0.3, -0.25) is 25.7 Å². The first-order chi connectivity index (χ1) is 9.36. The number of hydrazone groups is 1. The van der Waals surface area contributed by atoms with E-state index in [0.29, 0.717) is 6.07 Å². The van der Waals surface area contributed by atoms with Gasteiger partial charge in [0.15, 0.2) is 5.71 Å². The molecule has 1 rings (SSSR count). The molecular weight excluding hydrogens is 276 g/mol. The summed E-state index contributed by atoms with van der Waals surface area (Å²) in [5.41, 5.74) is 0.0231. The Balaban J connectivity index is 3.15. The number of nitro groups is 2. The molecule has 0 aliphatic heterocycles. The highest BCUT2D eigenvalue weighted by Crippen LogP contribution is 2.28. The first-order valence-corrected chi connectivity index (χ1v) is 4.96. The summed E-state index contributed by atoms with van der Waals surface area (Å²) < 4.78 is 0. The predicted octanol–water partition coefficient (Wildman–Crippen LogP) is 0.348. The molecule has 3 N–H and O–H groups in total. The van der Waals surface area contributed by atoms with Crippen LogP contribution in [0.1, 0.15) is 0 Å². The molecule has 20 heavy (non-hydrogen) atoms. The number of hydrogen-bond acceptors (Lipinski definition) is 8. The molecule has 106 valence electrons. The van der Waals surface area contributed by atoms with Gasteiger partial charge < -0.3 is 10.2 Å². The lowest BCUT2D eigenvalue weighted by Gasteiger charge is -2.03. The van der Waals surface area contributed by atoms with Crippen LogP contribution >= 0.6 is 0 Å².